The van der Waals surface area contributed by atoms with Crippen LogP contribution >= 0.6 is 0 Å². The second-order valence-corrected chi connectivity index (χ2v) is 6.87. The number of ether oxygens (including phenoxy) is 4. The van der Waals surface area contributed by atoms with Crippen LogP contribution in [0.15, 0.2) is 43.4 Å². The second-order valence-electron chi connectivity index (χ2n) is 6.87. The molecular formula is C22H24F3N5O4. The Kier molecular flexibility index (Phi) is 7.95. The molecule has 34 heavy (non-hydrogen) atoms. The highest BCUT2D eigenvalue weighted by Gasteiger charge is 2.27. The first-order chi connectivity index (χ1) is 16.2. The molecule has 1 aromatic carbocycles. The van der Waals surface area contributed by atoms with E-state index < -0.39 is 12.8 Å². The van der Waals surface area contributed by atoms with Crippen LogP contribution in [0, 0.1) is 0 Å². The highest BCUT2D eigenvalue weighted by molar-refractivity contribution is 5.63. The van der Waals surface area contributed by atoms with Crippen LogP contribution in [0.1, 0.15) is 18.3 Å². The minimum Gasteiger partial charge on any atom is -0.494 e. The molecule has 1 N–H and O–H groups in total. The third-order valence-electron chi connectivity index (χ3n) is 4.38. The number of benzene rings is 1. The lowest BCUT2D eigenvalue weighted by Crippen LogP contribution is -2.17. The van der Waals surface area contributed by atoms with Crippen molar-refractivity contribution in [3.05, 3.63) is 54.8 Å². The Morgan fingerprint density at radius 2 is 1.94 bits per heavy atom. The topological polar surface area (TPSA) is 92.6 Å². The van der Waals surface area contributed by atoms with Crippen molar-refractivity contribution >= 4 is 17.4 Å². The number of halogens is 3. The Morgan fingerprint density at radius 3 is 2.59 bits per heavy atom. The van der Waals surface area contributed by atoms with Crippen molar-refractivity contribution in [1.29, 1.82) is 0 Å². The van der Waals surface area contributed by atoms with Crippen LogP contribution in [-0.2, 0) is 16.1 Å². The summed E-state index contributed by atoms with van der Waals surface area (Å²) in [4.78, 5) is 12.7. The van der Waals surface area contributed by atoms with E-state index in [0.29, 0.717) is 35.3 Å². The Hall–Kier alpha value is -3.80. The van der Waals surface area contributed by atoms with Crippen LogP contribution in [0.2, 0.25) is 0 Å². The number of rotatable bonds is 11. The van der Waals surface area contributed by atoms with Gasteiger partial charge < -0.3 is 24.3 Å². The van der Waals surface area contributed by atoms with E-state index in [9.17, 15) is 13.2 Å². The van der Waals surface area contributed by atoms with E-state index in [2.05, 4.69) is 26.8 Å². The lowest BCUT2D eigenvalue weighted by atomic mass is 10.2. The largest absolute Gasteiger partial charge is 0.494 e. The van der Waals surface area contributed by atoms with Gasteiger partial charge in [0.1, 0.15) is 30.1 Å². The number of nitrogens with one attached hydrogen (secondary N) is 1. The molecule has 0 atom stereocenters. The van der Waals surface area contributed by atoms with Gasteiger partial charge in [-0.05, 0) is 25.1 Å². The molecule has 182 valence electrons. The minimum atomic E-state index is -4.44. The standard InChI is InChI=1S/C22H24F3N5O4/c1-5-34-14(2)17-8-16(11-33-12-22(23,24)25)28-21(29-17)27-15-6-7-18(19(9-15)31-3)30-10-20(32-4)26-13-30/h6-10,13H,2,5,11-12H2,1,3-4H3,(H,27,28,29). The van der Waals surface area contributed by atoms with Gasteiger partial charge in [-0.1, -0.05) is 6.58 Å². The summed E-state index contributed by atoms with van der Waals surface area (Å²) in [7, 11) is 3.05. The molecule has 0 saturated carbocycles. The Labute approximate surface area is 194 Å². The van der Waals surface area contributed by atoms with E-state index in [1.807, 2.05) is 0 Å². The number of methoxy groups -OCH3 is 2. The van der Waals surface area contributed by atoms with Crippen LogP contribution in [0.4, 0.5) is 24.8 Å². The number of hydrogen-bond donors (Lipinski definition) is 1. The Balaban J connectivity index is 1.86. The van der Waals surface area contributed by atoms with Gasteiger partial charge >= 0.3 is 6.18 Å². The van der Waals surface area contributed by atoms with Crippen molar-refractivity contribution in [2.45, 2.75) is 19.7 Å². The summed E-state index contributed by atoms with van der Waals surface area (Å²) in [5.74, 6) is 1.35. The van der Waals surface area contributed by atoms with Crippen molar-refractivity contribution in [3.63, 3.8) is 0 Å². The number of hydrogen-bond acceptors (Lipinski definition) is 8. The molecule has 0 radical (unpaired) electrons. The van der Waals surface area contributed by atoms with Crippen molar-refractivity contribution in [2.75, 3.05) is 32.8 Å². The molecule has 9 nitrogen and oxygen atoms in total. The fourth-order valence-corrected chi connectivity index (χ4v) is 2.93. The number of aromatic nitrogens is 4. The SMILES string of the molecule is C=C(OCC)c1cc(COCC(F)(F)F)nc(Nc2ccc(-n3cnc(OC)c3)c(OC)c2)n1. The average Bonchev–Trinajstić information content (AvgIpc) is 3.27. The van der Waals surface area contributed by atoms with Gasteiger partial charge in [-0.25, -0.2) is 15.0 Å². The van der Waals surface area contributed by atoms with Crippen molar-refractivity contribution < 1.29 is 32.1 Å². The zero-order valence-electron chi connectivity index (χ0n) is 18.8. The molecule has 2 heterocycles. The van der Waals surface area contributed by atoms with Crippen LogP contribution in [0.3, 0.4) is 0 Å². The molecule has 0 fully saturated rings. The maximum absolute atomic E-state index is 12.5. The number of anilines is 2. The van der Waals surface area contributed by atoms with Crippen LogP contribution in [0.25, 0.3) is 11.4 Å². The molecule has 3 aromatic rings. The van der Waals surface area contributed by atoms with Gasteiger partial charge in [0, 0.05) is 11.8 Å². The summed E-state index contributed by atoms with van der Waals surface area (Å²) >= 11 is 0. The first-order valence-corrected chi connectivity index (χ1v) is 10.1. The monoisotopic (exact) mass is 479 g/mol. The predicted octanol–water partition coefficient (Wildman–Crippen LogP) is 4.51. The Bertz CT molecular complexity index is 1130. The van der Waals surface area contributed by atoms with E-state index in [0.717, 1.165) is 0 Å². The molecule has 0 aliphatic rings. The lowest BCUT2D eigenvalue weighted by molar-refractivity contribution is -0.176. The summed E-state index contributed by atoms with van der Waals surface area (Å²) in [6.07, 6.45) is -1.16. The van der Waals surface area contributed by atoms with E-state index in [4.69, 9.17) is 18.9 Å². The zero-order chi connectivity index (χ0) is 24.7. The molecular weight excluding hydrogens is 455 g/mol. The molecule has 12 heteroatoms. The first kappa shape index (κ1) is 24.8. The normalized spacial score (nSPS) is 11.2. The molecule has 2 aromatic heterocycles. The smallest absolute Gasteiger partial charge is 0.411 e. The highest BCUT2D eigenvalue weighted by Crippen LogP contribution is 2.29. The van der Waals surface area contributed by atoms with Crippen LogP contribution in [0.5, 0.6) is 11.6 Å². The number of imidazole rings is 1. The summed E-state index contributed by atoms with van der Waals surface area (Å²) in [5.41, 5.74) is 1.84. The molecule has 0 saturated heterocycles. The summed E-state index contributed by atoms with van der Waals surface area (Å²) in [6.45, 7) is 4.18. The molecule has 0 aliphatic heterocycles. The minimum absolute atomic E-state index is 0.128. The highest BCUT2D eigenvalue weighted by atomic mass is 19.4. The quantitative estimate of drug-likeness (QED) is 0.402. The van der Waals surface area contributed by atoms with E-state index in [-0.39, 0.29) is 24.0 Å². The van der Waals surface area contributed by atoms with Gasteiger partial charge in [0.25, 0.3) is 0 Å². The molecule has 0 amide bonds. The van der Waals surface area contributed by atoms with Crippen molar-refractivity contribution in [1.82, 2.24) is 19.5 Å². The third kappa shape index (κ3) is 6.61. The van der Waals surface area contributed by atoms with Gasteiger partial charge in [0.15, 0.2) is 0 Å². The van der Waals surface area contributed by atoms with Crippen LogP contribution < -0.4 is 14.8 Å². The maximum atomic E-state index is 12.5. The van der Waals surface area contributed by atoms with Crippen LogP contribution in [-0.4, -0.2) is 53.1 Å². The molecule has 3 rings (SSSR count). The molecule has 0 aliphatic carbocycles. The third-order valence-corrected chi connectivity index (χ3v) is 4.38. The van der Waals surface area contributed by atoms with Crippen molar-refractivity contribution in [2.24, 2.45) is 0 Å². The van der Waals surface area contributed by atoms with Gasteiger partial charge in [-0.3, -0.25) is 4.57 Å². The molecule has 0 bridgehead atoms. The summed E-state index contributed by atoms with van der Waals surface area (Å²) in [5, 5.41) is 3.03. The summed E-state index contributed by atoms with van der Waals surface area (Å²) in [6, 6.07) is 6.74. The van der Waals surface area contributed by atoms with E-state index in [1.165, 1.54) is 20.3 Å². The second kappa shape index (κ2) is 10.9. The summed E-state index contributed by atoms with van der Waals surface area (Å²) < 4.78 is 59.8. The van der Waals surface area contributed by atoms with E-state index in [1.54, 1.807) is 42.2 Å². The number of nitrogens with zero attached hydrogens (tertiary/aromatic N) is 4. The first-order valence-electron chi connectivity index (χ1n) is 10.1. The van der Waals surface area contributed by atoms with Gasteiger partial charge in [0.2, 0.25) is 11.8 Å². The zero-order valence-corrected chi connectivity index (χ0v) is 18.8. The van der Waals surface area contributed by atoms with Gasteiger partial charge in [0.05, 0.1) is 45.0 Å². The molecule has 0 unspecified atom stereocenters. The Morgan fingerprint density at radius 1 is 1.15 bits per heavy atom. The van der Waals surface area contributed by atoms with E-state index >= 15 is 0 Å². The van der Waals surface area contributed by atoms with Gasteiger partial charge in [-0.15, -0.1) is 0 Å². The predicted molar refractivity (Wildman–Crippen MR) is 118 cm³/mol. The molecule has 0 spiro atoms. The lowest BCUT2D eigenvalue weighted by Gasteiger charge is -2.14. The fraction of sp³-hybridized carbons (Fsp3) is 0.318. The number of alkyl halides is 3. The van der Waals surface area contributed by atoms with Crippen molar-refractivity contribution in [3.8, 4) is 17.3 Å². The fourth-order valence-electron chi connectivity index (χ4n) is 2.93. The average molecular weight is 479 g/mol. The van der Waals surface area contributed by atoms with Gasteiger partial charge in [-0.2, -0.15) is 13.2 Å². The maximum Gasteiger partial charge on any atom is 0.411 e.